The van der Waals surface area contributed by atoms with Crippen molar-refractivity contribution >= 4 is 29.1 Å². The largest absolute Gasteiger partial charge is 0.481 e. The number of urea groups is 1. The fourth-order valence-electron chi connectivity index (χ4n) is 5.21. The smallest absolute Gasteiger partial charge is 0.323 e. The Balaban J connectivity index is 1.68. The molecular formula is C29H38FN3O4. The lowest BCUT2D eigenvalue weighted by Crippen LogP contribution is -2.42. The van der Waals surface area contributed by atoms with Crippen LogP contribution in [0.2, 0.25) is 0 Å². The molecule has 0 bridgehead atoms. The monoisotopic (exact) mass is 511 g/mol. The van der Waals surface area contributed by atoms with Gasteiger partial charge >= 0.3 is 12.0 Å². The van der Waals surface area contributed by atoms with Crippen LogP contribution >= 0.6 is 0 Å². The molecule has 0 radical (unpaired) electrons. The summed E-state index contributed by atoms with van der Waals surface area (Å²) in [4.78, 5) is 27.0. The van der Waals surface area contributed by atoms with Crippen molar-refractivity contribution in [3.8, 4) is 0 Å². The maximum atomic E-state index is 14.4. The number of hydrogen-bond acceptors (Lipinski definition) is 4. The predicted octanol–water partition coefficient (Wildman–Crippen LogP) is 6.39. The number of carbonyl (C=O) groups is 2. The second-order valence-electron chi connectivity index (χ2n) is 10.8. The molecule has 1 aliphatic heterocycles. The highest BCUT2D eigenvalue weighted by atomic mass is 19.1. The third kappa shape index (κ3) is 7.22. The van der Waals surface area contributed by atoms with Crippen molar-refractivity contribution < 1.29 is 23.8 Å². The van der Waals surface area contributed by atoms with E-state index in [2.05, 4.69) is 29.4 Å². The Bertz CT molecular complexity index is 1110. The van der Waals surface area contributed by atoms with Crippen LogP contribution in [0.4, 0.5) is 26.2 Å². The molecule has 37 heavy (non-hydrogen) atoms. The van der Waals surface area contributed by atoms with E-state index in [1.165, 1.54) is 6.07 Å². The zero-order valence-electron chi connectivity index (χ0n) is 21.9. The lowest BCUT2D eigenvalue weighted by molar-refractivity contribution is -0.137. The van der Waals surface area contributed by atoms with Gasteiger partial charge in [0.15, 0.2) is 0 Å². The minimum absolute atomic E-state index is 0.0555. The van der Waals surface area contributed by atoms with E-state index < -0.39 is 17.8 Å². The number of benzene rings is 2. The third-order valence-corrected chi connectivity index (χ3v) is 7.16. The van der Waals surface area contributed by atoms with E-state index in [0.29, 0.717) is 30.7 Å². The first-order chi connectivity index (χ1) is 17.7. The van der Waals surface area contributed by atoms with Gasteiger partial charge in [0.1, 0.15) is 5.82 Å². The van der Waals surface area contributed by atoms with Crippen LogP contribution in [0, 0.1) is 24.6 Å². The molecule has 1 aliphatic carbocycles. The van der Waals surface area contributed by atoms with Gasteiger partial charge in [-0.3, -0.25) is 4.79 Å². The van der Waals surface area contributed by atoms with Gasteiger partial charge in [-0.2, -0.15) is 0 Å². The second-order valence-corrected chi connectivity index (χ2v) is 10.8. The molecule has 2 fully saturated rings. The average molecular weight is 512 g/mol. The number of hydrogen-bond donors (Lipinski definition) is 3. The van der Waals surface area contributed by atoms with Crippen molar-refractivity contribution in [2.24, 2.45) is 11.8 Å². The van der Waals surface area contributed by atoms with Crippen molar-refractivity contribution in [3.63, 3.8) is 0 Å². The number of aliphatic carboxylic acids is 1. The minimum Gasteiger partial charge on any atom is -0.481 e. The van der Waals surface area contributed by atoms with Crippen LogP contribution in [0.15, 0.2) is 36.4 Å². The Labute approximate surface area is 218 Å². The number of carbonyl (C=O) groups excluding carboxylic acids is 1. The second kappa shape index (κ2) is 11.9. The molecule has 1 saturated carbocycles. The normalized spacial score (nSPS) is 16.9. The molecule has 0 spiro atoms. The van der Waals surface area contributed by atoms with Gasteiger partial charge in [-0.15, -0.1) is 0 Å². The van der Waals surface area contributed by atoms with Gasteiger partial charge in [-0.25, -0.2) is 9.18 Å². The summed E-state index contributed by atoms with van der Waals surface area (Å²) in [6.45, 7) is 8.30. The van der Waals surface area contributed by atoms with E-state index in [1.54, 1.807) is 19.1 Å². The Kier molecular flexibility index (Phi) is 8.69. The van der Waals surface area contributed by atoms with Gasteiger partial charge in [0.25, 0.3) is 0 Å². The predicted molar refractivity (Wildman–Crippen MR) is 144 cm³/mol. The van der Waals surface area contributed by atoms with Crippen LogP contribution in [0.25, 0.3) is 0 Å². The number of carboxylic acid groups (broad SMARTS) is 1. The molecule has 2 amide bonds. The maximum Gasteiger partial charge on any atom is 0.323 e. The fraction of sp³-hybridized carbons (Fsp3) is 0.517. The Morgan fingerprint density at radius 2 is 1.76 bits per heavy atom. The zero-order chi connectivity index (χ0) is 26.5. The Morgan fingerprint density at radius 3 is 2.38 bits per heavy atom. The van der Waals surface area contributed by atoms with E-state index in [4.69, 9.17) is 4.74 Å². The number of nitrogens with one attached hydrogen (secondary N) is 2. The lowest BCUT2D eigenvalue weighted by atomic mass is 9.90. The SMILES string of the molecule is Cc1ccc(NC(=O)Nc2cc(C(CC(=O)O)C3CC3)ccc2N(CC(C)C)C2CCOCC2)c(F)c1. The molecular weight excluding hydrogens is 473 g/mol. The van der Waals surface area contributed by atoms with Gasteiger partial charge in [-0.1, -0.05) is 26.0 Å². The van der Waals surface area contributed by atoms with Crippen LogP contribution in [0.5, 0.6) is 0 Å². The van der Waals surface area contributed by atoms with E-state index in [9.17, 15) is 19.1 Å². The number of ether oxygens (including phenoxy) is 1. The third-order valence-electron chi connectivity index (χ3n) is 7.16. The molecule has 7 nitrogen and oxygen atoms in total. The molecule has 1 heterocycles. The van der Waals surface area contributed by atoms with Gasteiger partial charge in [0.05, 0.1) is 23.5 Å². The van der Waals surface area contributed by atoms with Crippen LogP contribution in [-0.2, 0) is 9.53 Å². The molecule has 4 rings (SSSR count). The quantitative estimate of drug-likeness (QED) is 0.344. The molecule has 2 aliphatic rings. The number of amides is 2. The average Bonchev–Trinajstić information content (AvgIpc) is 3.69. The molecule has 2 aromatic carbocycles. The molecule has 2 aromatic rings. The molecule has 8 heteroatoms. The molecule has 200 valence electrons. The summed E-state index contributed by atoms with van der Waals surface area (Å²) >= 11 is 0. The van der Waals surface area contributed by atoms with E-state index in [1.807, 2.05) is 18.2 Å². The van der Waals surface area contributed by atoms with Crippen LogP contribution in [0.3, 0.4) is 0 Å². The number of aryl methyl sites for hydroxylation is 1. The molecule has 3 N–H and O–H groups in total. The first-order valence-electron chi connectivity index (χ1n) is 13.3. The summed E-state index contributed by atoms with van der Waals surface area (Å²) in [5.74, 6) is -0.703. The van der Waals surface area contributed by atoms with Gasteiger partial charge in [0, 0.05) is 25.8 Å². The number of anilines is 3. The molecule has 1 saturated heterocycles. The fourth-order valence-corrected chi connectivity index (χ4v) is 5.21. The van der Waals surface area contributed by atoms with E-state index in [0.717, 1.165) is 49.0 Å². The standard InChI is InChI=1S/C29H38FN3O4/c1-18(2)17-33(22-10-12-37-13-11-22)27-9-7-21(23(16-28(34)35)20-5-6-20)15-26(27)32-29(36)31-25-8-4-19(3)14-24(25)30/h4,7-9,14-15,18,20,22-23H,5-6,10-13,16-17H2,1-3H3,(H,34,35)(H2,31,32,36). The first kappa shape index (κ1) is 26.9. The van der Waals surface area contributed by atoms with Gasteiger partial charge in [-0.05, 0) is 85.8 Å². The Hall–Kier alpha value is -3.13. The van der Waals surface area contributed by atoms with Crippen LogP contribution in [-0.4, -0.2) is 42.9 Å². The van der Waals surface area contributed by atoms with Crippen molar-refractivity contribution in [1.29, 1.82) is 0 Å². The number of halogens is 1. The maximum absolute atomic E-state index is 14.4. The highest BCUT2D eigenvalue weighted by Crippen LogP contribution is 2.46. The zero-order valence-corrected chi connectivity index (χ0v) is 21.9. The van der Waals surface area contributed by atoms with Crippen molar-refractivity contribution in [3.05, 3.63) is 53.3 Å². The summed E-state index contributed by atoms with van der Waals surface area (Å²) < 4.78 is 20.0. The topological polar surface area (TPSA) is 90.9 Å². The lowest BCUT2D eigenvalue weighted by Gasteiger charge is -2.38. The summed E-state index contributed by atoms with van der Waals surface area (Å²) in [7, 11) is 0. The molecule has 1 atom stereocenters. The summed E-state index contributed by atoms with van der Waals surface area (Å²) in [5, 5.41) is 15.1. The summed E-state index contributed by atoms with van der Waals surface area (Å²) in [6, 6.07) is 10.3. The van der Waals surface area contributed by atoms with E-state index >= 15 is 0 Å². The first-order valence-corrected chi connectivity index (χ1v) is 13.3. The van der Waals surface area contributed by atoms with Crippen molar-refractivity contribution in [1.82, 2.24) is 0 Å². The minimum atomic E-state index is -0.827. The van der Waals surface area contributed by atoms with Crippen LogP contribution in [0.1, 0.15) is 63.0 Å². The van der Waals surface area contributed by atoms with Crippen molar-refractivity contribution in [2.75, 3.05) is 35.3 Å². The number of rotatable bonds is 10. The van der Waals surface area contributed by atoms with Gasteiger partial charge in [0.2, 0.25) is 0 Å². The Morgan fingerprint density at radius 1 is 1.05 bits per heavy atom. The van der Waals surface area contributed by atoms with E-state index in [-0.39, 0.29) is 24.1 Å². The summed E-state index contributed by atoms with van der Waals surface area (Å²) in [5.41, 5.74) is 3.26. The summed E-state index contributed by atoms with van der Waals surface area (Å²) in [6.07, 6.45) is 3.85. The highest BCUT2D eigenvalue weighted by molar-refractivity contribution is 6.02. The van der Waals surface area contributed by atoms with Crippen molar-refractivity contribution in [2.45, 2.75) is 64.8 Å². The number of nitrogens with zero attached hydrogens (tertiary/aromatic N) is 1. The molecule has 0 aromatic heterocycles. The van der Waals surface area contributed by atoms with Crippen LogP contribution < -0.4 is 15.5 Å². The number of carboxylic acids is 1. The highest BCUT2D eigenvalue weighted by Gasteiger charge is 2.34. The van der Waals surface area contributed by atoms with Gasteiger partial charge < -0.3 is 25.4 Å². The molecule has 1 unspecified atom stereocenters.